The summed E-state index contributed by atoms with van der Waals surface area (Å²) in [5, 5.41) is 4.67. The summed E-state index contributed by atoms with van der Waals surface area (Å²) in [7, 11) is 0. The zero-order valence-electron chi connectivity index (χ0n) is 18.7. The lowest BCUT2D eigenvalue weighted by atomic mass is 10.1. The number of likely N-dealkylation sites (tertiary alicyclic amines) is 1. The number of aliphatic imine (C=N–C) groups is 1. The van der Waals surface area contributed by atoms with E-state index in [0.717, 1.165) is 18.4 Å². The van der Waals surface area contributed by atoms with Crippen molar-refractivity contribution in [3.63, 3.8) is 0 Å². The van der Waals surface area contributed by atoms with E-state index in [0.29, 0.717) is 41.4 Å². The third-order valence-corrected chi connectivity index (χ3v) is 5.93. The summed E-state index contributed by atoms with van der Waals surface area (Å²) in [5.74, 6) is -0.0613. The molecule has 1 atom stereocenters. The van der Waals surface area contributed by atoms with Crippen LogP contribution in [-0.2, 0) is 0 Å². The SMILES string of the molecule is N/C(=C\C=NC[C@@H]1CCCN1C(=O)c1c(-c2ccccc2)nn2cccnc12)c1ccccn1. The Hall–Kier alpha value is -4.33. The van der Waals surface area contributed by atoms with Crippen molar-refractivity contribution in [2.24, 2.45) is 10.7 Å². The second-order valence-corrected chi connectivity index (χ2v) is 8.12. The molecule has 2 N–H and O–H groups in total. The summed E-state index contributed by atoms with van der Waals surface area (Å²) >= 11 is 0. The van der Waals surface area contributed by atoms with Gasteiger partial charge in [0.1, 0.15) is 11.3 Å². The quantitative estimate of drug-likeness (QED) is 0.452. The van der Waals surface area contributed by atoms with E-state index in [2.05, 4.69) is 20.1 Å². The molecule has 4 heterocycles. The molecule has 1 amide bonds. The molecule has 0 aliphatic carbocycles. The van der Waals surface area contributed by atoms with Crippen LogP contribution < -0.4 is 5.73 Å². The first kappa shape index (κ1) is 21.5. The molecule has 0 bridgehead atoms. The average Bonchev–Trinajstić information content (AvgIpc) is 3.52. The van der Waals surface area contributed by atoms with Crippen LogP contribution in [0.15, 0.2) is 84.3 Å². The van der Waals surface area contributed by atoms with E-state index in [-0.39, 0.29) is 11.9 Å². The van der Waals surface area contributed by atoms with Gasteiger partial charge in [-0.2, -0.15) is 5.10 Å². The summed E-state index contributed by atoms with van der Waals surface area (Å²) in [6.45, 7) is 1.19. The van der Waals surface area contributed by atoms with E-state index in [1.165, 1.54) is 0 Å². The minimum atomic E-state index is -0.0613. The van der Waals surface area contributed by atoms with Crippen LogP contribution in [0.3, 0.4) is 0 Å². The van der Waals surface area contributed by atoms with Gasteiger partial charge in [-0.1, -0.05) is 36.4 Å². The molecular weight excluding hydrogens is 426 g/mol. The van der Waals surface area contributed by atoms with E-state index in [4.69, 9.17) is 5.73 Å². The molecule has 8 heteroatoms. The second kappa shape index (κ2) is 9.66. The Kier molecular flexibility index (Phi) is 6.11. The van der Waals surface area contributed by atoms with E-state index >= 15 is 0 Å². The summed E-state index contributed by atoms with van der Waals surface area (Å²) < 4.78 is 1.67. The van der Waals surface area contributed by atoms with Gasteiger partial charge in [0.15, 0.2) is 5.65 Å². The van der Waals surface area contributed by atoms with Crippen molar-refractivity contribution in [3.8, 4) is 11.3 Å². The van der Waals surface area contributed by atoms with E-state index in [1.807, 2.05) is 59.6 Å². The summed E-state index contributed by atoms with van der Waals surface area (Å²) in [6, 6.07) is 17.2. The number of pyridine rings is 1. The lowest BCUT2D eigenvalue weighted by molar-refractivity contribution is 0.0744. The molecule has 1 aliphatic rings. The number of hydrogen-bond donors (Lipinski definition) is 1. The molecule has 34 heavy (non-hydrogen) atoms. The molecule has 1 aromatic carbocycles. The van der Waals surface area contributed by atoms with Crippen LogP contribution in [0.25, 0.3) is 22.6 Å². The van der Waals surface area contributed by atoms with Crippen LogP contribution in [-0.4, -0.2) is 55.7 Å². The number of carbonyl (C=O) groups excluding carboxylic acids is 1. The van der Waals surface area contributed by atoms with Crippen molar-refractivity contribution in [1.82, 2.24) is 24.5 Å². The van der Waals surface area contributed by atoms with Gasteiger partial charge >= 0.3 is 0 Å². The Balaban J connectivity index is 1.38. The Labute approximate surface area is 197 Å². The molecule has 1 fully saturated rings. The fourth-order valence-corrected chi connectivity index (χ4v) is 4.25. The maximum atomic E-state index is 13.8. The minimum Gasteiger partial charge on any atom is -0.397 e. The molecule has 0 saturated carbocycles. The summed E-state index contributed by atoms with van der Waals surface area (Å²) in [6.07, 6.45) is 10.5. The molecule has 1 aliphatic heterocycles. The normalized spacial score (nSPS) is 16.5. The first-order valence-corrected chi connectivity index (χ1v) is 11.3. The molecular formula is C26H25N7O. The van der Waals surface area contributed by atoms with Crippen molar-refractivity contribution >= 4 is 23.5 Å². The number of amides is 1. The Bertz CT molecular complexity index is 1350. The zero-order chi connectivity index (χ0) is 23.3. The van der Waals surface area contributed by atoms with Gasteiger partial charge in [0.05, 0.1) is 24.0 Å². The maximum Gasteiger partial charge on any atom is 0.260 e. The Morgan fingerprint density at radius 3 is 2.74 bits per heavy atom. The van der Waals surface area contributed by atoms with Crippen molar-refractivity contribution in [3.05, 3.63) is 90.5 Å². The van der Waals surface area contributed by atoms with Gasteiger partial charge in [0, 0.05) is 36.9 Å². The average molecular weight is 452 g/mol. The number of carbonyl (C=O) groups is 1. The molecule has 0 radical (unpaired) electrons. The van der Waals surface area contributed by atoms with Gasteiger partial charge in [-0.15, -0.1) is 0 Å². The van der Waals surface area contributed by atoms with Gasteiger partial charge in [0.2, 0.25) is 0 Å². The Morgan fingerprint density at radius 2 is 1.91 bits per heavy atom. The van der Waals surface area contributed by atoms with Gasteiger partial charge in [0.25, 0.3) is 5.91 Å². The largest absolute Gasteiger partial charge is 0.397 e. The van der Waals surface area contributed by atoms with Crippen LogP contribution in [0.5, 0.6) is 0 Å². The first-order chi connectivity index (χ1) is 16.7. The number of benzene rings is 1. The van der Waals surface area contributed by atoms with Crippen molar-refractivity contribution in [2.45, 2.75) is 18.9 Å². The molecule has 5 rings (SSSR count). The highest BCUT2D eigenvalue weighted by atomic mass is 16.2. The highest BCUT2D eigenvalue weighted by Crippen LogP contribution is 2.29. The van der Waals surface area contributed by atoms with Crippen molar-refractivity contribution < 1.29 is 4.79 Å². The maximum absolute atomic E-state index is 13.8. The number of allylic oxidation sites excluding steroid dienone is 1. The third kappa shape index (κ3) is 4.30. The fraction of sp³-hybridized carbons (Fsp3) is 0.192. The van der Waals surface area contributed by atoms with Crippen LogP contribution >= 0.6 is 0 Å². The summed E-state index contributed by atoms with van der Waals surface area (Å²) in [4.78, 5) is 28.9. The number of nitrogens with zero attached hydrogens (tertiary/aromatic N) is 6. The van der Waals surface area contributed by atoms with E-state index in [9.17, 15) is 4.79 Å². The molecule has 3 aromatic heterocycles. The number of aromatic nitrogens is 4. The zero-order valence-corrected chi connectivity index (χ0v) is 18.7. The van der Waals surface area contributed by atoms with Crippen LogP contribution in [0.4, 0.5) is 0 Å². The van der Waals surface area contributed by atoms with Gasteiger partial charge in [-0.05, 0) is 37.1 Å². The third-order valence-electron chi connectivity index (χ3n) is 5.93. The molecule has 0 spiro atoms. The number of nitrogens with two attached hydrogens (primary N) is 1. The van der Waals surface area contributed by atoms with E-state index in [1.54, 1.807) is 35.3 Å². The number of hydrogen-bond acceptors (Lipinski definition) is 6. The molecule has 8 nitrogen and oxygen atoms in total. The second-order valence-electron chi connectivity index (χ2n) is 8.12. The van der Waals surface area contributed by atoms with Gasteiger partial charge in [-0.3, -0.25) is 14.8 Å². The number of fused-ring (bicyclic) bond motifs is 1. The highest BCUT2D eigenvalue weighted by Gasteiger charge is 2.33. The van der Waals surface area contributed by atoms with Crippen LogP contribution in [0.1, 0.15) is 28.9 Å². The number of rotatable bonds is 6. The lowest BCUT2D eigenvalue weighted by Gasteiger charge is -2.23. The molecule has 4 aromatic rings. The first-order valence-electron chi connectivity index (χ1n) is 11.3. The van der Waals surface area contributed by atoms with Crippen LogP contribution in [0.2, 0.25) is 0 Å². The standard InChI is InChI=1S/C26H25N7O/c27-21(22-11-4-5-13-29-22)12-15-28-18-20-10-6-16-32(20)26(34)23-24(19-8-2-1-3-9-19)31-33-17-7-14-30-25(23)33/h1-5,7-9,11-15,17,20H,6,10,16,18,27H2/b21-12-,28-15?/t20-/m0/s1. The lowest BCUT2D eigenvalue weighted by Crippen LogP contribution is -2.37. The predicted molar refractivity (Wildman–Crippen MR) is 132 cm³/mol. The summed E-state index contributed by atoms with van der Waals surface area (Å²) in [5.41, 5.74) is 9.96. The highest BCUT2D eigenvalue weighted by molar-refractivity contribution is 6.05. The molecule has 0 unspecified atom stereocenters. The smallest absolute Gasteiger partial charge is 0.260 e. The van der Waals surface area contributed by atoms with Crippen molar-refractivity contribution in [2.75, 3.05) is 13.1 Å². The van der Waals surface area contributed by atoms with Crippen LogP contribution in [0, 0.1) is 0 Å². The minimum absolute atomic E-state index is 0.00973. The molecule has 170 valence electrons. The van der Waals surface area contributed by atoms with E-state index < -0.39 is 0 Å². The fourth-order valence-electron chi connectivity index (χ4n) is 4.25. The topological polar surface area (TPSA) is 102 Å². The van der Waals surface area contributed by atoms with Gasteiger partial charge in [-0.25, -0.2) is 9.50 Å². The Morgan fingerprint density at radius 1 is 1.09 bits per heavy atom. The predicted octanol–water partition coefficient (Wildman–Crippen LogP) is 3.47. The molecule has 1 saturated heterocycles. The van der Waals surface area contributed by atoms with Gasteiger partial charge < -0.3 is 10.6 Å². The monoisotopic (exact) mass is 451 g/mol. The van der Waals surface area contributed by atoms with Crippen molar-refractivity contribution in [1.29, 1.82) is 0 Å².